The molecule has 9 heteroatoms. The van der Waals surface area contributed by atoms with Crippen LogP contribution in [0, 0.1) is 0 Å². The molecule has 180 valence electrons. The molecule has 0 unspecified atom stereocenters. The lowest BCUT2D eigenvalue weighted by Crippen LogP contribution is -2.39. The first-order chi connectivity index (χ1) is 17.7. The number of H-pyrrole nitrogens is 1. The van der Waals surface area contributed by atoms with Gasteiger partial charge in [0, 0.05) is 34.6 Å². The van der Waals surface area contributed by atoms with Gasteiger partial charge in [0.25, 0.3) is 5.91 Å². The molecule has 1 fully saturated rings. The first-order valence-corrected chi connectivity index (χ1v) is 11.9. The van der Waals surface area contributed by atoms with Gasteiger partial charge in [-0.05, 0) is 55.4 Å². The third kappa shape index (κ3) is 4.69. The number of anilines is 2. The highest BCUT2D eigenvalue weighted by atomic mass is 16.5. The summed E-state index contributed by atoms with van der Waals surface area (Å²) in [4.78, 5) is 21.9. The van der Waals surface area contributed by atoms with E-state index in [2.05, 4.69) is 26.1 Å². The van der Waals surface area contributed by atoms with Crippen LogP contribution in [-0.2, 0) is 4.79 Å². The molecule has 4 N–H and O–H groups in total. The molecule has 1 aliphatic rings. The second-order valence-electron chi connectivity index (χ2n) is 8.78. The van der Waals surface area contributed by atoms with Crippen molar-refractivity contribution < 1.29 is 9.53 Å². The van der Waals surface area contributed by atoms with Crippen LogP contribution in [0.25, 0.3) is 33.2 Å². The predicted octanol–water partition coefficient (Wildman–Crippen LogP) is 3.77. The van der Waals surface area contributed by atoms with E-state index in [0.29, 0.717) is 17.4 Å². The molecule has 0 bridgehead atoms. The van der Waals surface area contributed by atoms with Gasteiger partial charge < -0.3 is 20.7 Å². The Morgan fingerprint density at radius 3 is 2.92 bits per heavy atom. The highest BCUT2D eigenvalue weighted by Gasteiger charge is 2.17. The number of aromatic nitrogens is 4. The van der Waals surface area contributed by atoms with Gasteiger partial charge >= 0.3 is 0 Å². The Morgan fingerprint density at radius 2 is 2.00 bits per heavy atom. The molecular formula is C27H25N7O2. The summed E-state index contributed by atoms with van der Waals surface area (Å²) in [5, 5.41) is 18.7. The van der Waals surface area contributed by atoms with Crippen molar-refractivity contribution in [1.82, 2.24) is 30.8 Å². The number of hydrogen-bond acceptors (Lipinski definition) is 7. The molecule has 5 aromatic rings. The van der Waals surface area contributed by atoms with Gasteiger partial charge in [-0.3, -0.25) is 9.89 Å². The van der Waals surface area contributed by atoms with E-state index in [9.17, 15) is 4.79 Å². The normalized spacial score (nSPS) is 15.3. The number of rotatable bonds is 7. The second kappa shape index (κ2) is 9.63. The zero-order valence-corrected chi connectivity index (χ0v) is 19.5. The van der Waals surface area contributed by atoms with Crippen LogP contribution in [-0.4, -0.2) is 51.8 Å². The lowest BCUT2D eigenvalue weighted by molar-refractivity contribution is -0.123. The standard InChI is InChI=1S/C27H25N7O2/c35-25(30-20-10-11-28-15-20)16-36-21-5-3-4-17(13-21)26-32-24-7-2-1-6-22(24)27(33-26)31-19-8-9-23-18(12-19)14-29-34-23/h1-9,12-14,20,28H,10-11,15-16H2,(H,29,34)(H,30,35)(H,31,32,33)/t20-/m0/s1. The number of carbonyl (C=O) groups excluding carboxylic acids is 1. The maximum absolute atomic E-state index is 12.3. The fourth-order valence-electron chi connectivity index (χ4n) is 4.38. The van der Waals surface area contributed by atoms with E-state index in [1.165, 1.54) is 0 Å². The van der Waals surface area contributed by atoms with E-state index in [4.69, 9.17) is 14.7 Å². The lowest BCUT2D eigenvalue weighted by atomic mass is 10.1. The largest absolute Gasteiger partial charge is 0.484 e. The first kappa shape index (κ1) is 22.0. The molecule has 9 nitrogen and oxygen atoms in total. The van der Waals surface area contributed by atoms with Crippen molar-refractivity contribution >= 4 is 39.2 Å². The Balaban J connectivity index is 1.26. The molecule has 3 aromatic carbocycles. The molecule has 0 radical (unpaired) electrons. The third-order valence-corrected chi connectivity index (χ3v) is 6.19. The summed E-state index contributed by atoms with van der Waals surface area (Å²) < 4.78 is 5.77. The van der Waals surface area contributed by atoms with Crippen molar-refractivity contribution in [1.29, 1.82) is 0 Å². The number of aromatic amines is 1. The van der Waals surface area contributed by atoms with Gasteiger partial charge in [0.15, 0.2) is 12.4 Å². The fourth-order valence-corrected chi connectivity index (χ4v) is 4.38. The Morgan fingerprint density at radius 1 is 1.06 bits per heavy atom. The van der Waals surface area contributed by atoms with Crippen LogP contribution in [0.4, 0.5) is 11.5 Å². The molecular weight excluding hydrogens is 454 g/mol. The van der Waals surface area contributed by atoms with Gasteiger partial charge in [0.1, 0.15) is 11.6 Å². The smallest absolute Gasteiger partial charge is 0.258 e. The molecule has 36 heavy (non-hydrogen) atoms. The Hall–Kier alpha value is -4.50. The Labute approximate surface area is 207 Å². The van der Waals surface area contributed by atoms with E-state index in [-0.39, 0.29) is 18.6 Å². The summed E-state index contributed by atoms with van der Waals surface area (Å²) >= 11 is 0. The van der Waals surface area contributed by atoms with Crippen LogP contribution in [0.1, 0.15) is 6.42 Å². The predicted molar refractivity (Wildman–Crippen MR) is 139 cm³/mol. The van der Waals surface area contributed by atoms with Crippen LogP contribution in [0.15, 0.2) is 72.9 Å². The van der Waals surface area contributed by atoms with Gasteiger partial charge in [-0.2, -0.15) is 5.10 Å². The number of carbonyl (C=O) groups is 1. The average molecular weight is 480 g/mol. The van der Waals surface area contributed by atoms with Crippen LogP contribution in [0.3, 0.4) is 0 Å². The van der Waals surface area contributed by atoms with Crippen LogP contribution < -0.4 is 20.7 Å². The first-order valence-electron chi connectivity index (χ1n) is 11.9. The molecule has 1 amide bonds. The Kier molecular flexibility index (Phi) is 5.88. The van der Waals surface area contributed by atoms with E-state index < -0.39 is 0 Å². The quantitative estimate of drug-likeness (QED) is 0.281. The van der Waals surface area contributed by atoms with Crippen molar-refractivity contribution in [3.05, 3.63) is 72.9 Å². The van der Waals surface area contributed by atoms with Crippen molar-refractivity contribution in [2.24, 2.45) is 0 Å². The minimum Gasteiger partial charge on any atom is -0.484 e. The number of fused-ring (bicyclic) bond motifs is 2. The number of nitrogens with one attached hydrogen (secondary N) is 4. The summed E-state index contributed by atoms with van der Waals surface area (Å²) in [6, 6.07) is 21.5. The summed E-state index contributed by atoms with van der Waals surface area (Å²) in [5.41, 5.74) is 3.50. The molecule has 6 rings (SSSR count). The second-order valence-corrected chi connectivity index (χ2v) is 8.78. The van der Waals surface area contributed by atoms with Gasteiger partial charge in [-0.25, -0.2) is 9.97 Å². The maximum atomic E-state index is 12.3. The molecule has 0 saturated carbocycles. The van der Waals surface area contributed by atoms with Crippen molar-refractivity contribution in [3.63, 3.8) is 0 Å². The SMILES string of the molecule is O=C(COc1cccc(-c2nc(Nc3ccc4[nH]ncc4c3)c3ccccc3n2)c1)N[C@H]1CCNC1. The number of hydrogen-bond donors (Lipinski definition) is 4. The molecule has 1 saturated heterocycles. The highest BCUT2D eigenvalue weighted by Crippen LogP contribution is 2.29. The summed E-state index contributed by atoms with van der Waals surface area (Å²) in [5.74, 6) is 1.72. The number of ether oxygens (including phenoxy) is 1. The van der Waals surface area contributed by atoms with Crippen LogP contribution >= 0.6 is 0 Å². The molecule has 0 aliphatic carbocycles. The number of benzene rings is 3. The van der Waals surface area contributed by atoms with Crippen LogP contribution in [0.2, 0.25) is 0 Å². The van der Waals surface area contributed by atoms with E-state index in [0.717, 1.165) is 52.6 Å². The molecule has 1 atom stereocenters. The van der Waals surface area contributed by atoms with Gasteiger partial charge in [0.05, 0.1) is 17.2 Å². The van der Waals surface area contributed by atoms with E-state index in [1.807, 2.05) is 66.7 Å². The zero-order valence-electron chi connectivity index (χ0n) is 19.5. The van der Waals surface area contributed by atoms with Crippen molar-refractivity contribution in [2.45, 2.75) is 12.5 Å². The zero-order chi connectivity index (χ0) is 24.3. The molecule has 0 spiro atoms. The van der Waals surface area contributed by atoms with E-state index >= 15 is 0 Å². The van der Waals surface area contributed by atoms with Crippen molar-refractivity contribution in [3.8, 4) is 17.1 Å². The lowest BCUT2D eigenvalue weighted by Gasteiger charge is -2.13. The molecule has 2 aromatic heterocycles. The van der Waals surface area contributed by atoms with Crippen LogP contribution in [0.5, 0.6) is 5.75 Å². The topological polar surface area (TPSA) is 117 Å². The minimum absolute atomic E-state index is 0.0399. The van der Waals surface area contributed by atoms with E-state index in [1.54, 1.807) is 6.20 Å². The number of nitrogens with zero attached hydrogens (tertiary/aromatic N) is 3. The van der Waals surface area contributed by atoms with Gasteiger partial charge in [0.2, 0.25) is 0 Å². The molecule has 3 heterocycles. The van der Waals surface area contributed by atoms with Crippen molar-refractivity contribution in [2.75, 3.05) is 25.0 Å². The minimum atomic E-state index is -0.128. The summed E-state index contributed by atoms with van der Waals surface area (Å²) in [7, 11) is 0. The average Bonchev–Trinajstić information content (AvgIpc) is 3.59. The number of para-hydroxylation sites is 1. The summed E-state index contributed by atoms with van der Waals surface area (Å²) in [6.07, 6.45) is 2.73. The van der Waals surface area contributed by atoms with Gasteiger partial charge in [-0.1, -0.05) is 24.3 Å². The summed E-state index contributed by atoms with van der Waals surface area (Å²) in [6.45, 7) is 1.68. The number of amides is 1. The fraction of sp³-hybridized carbons (Fsp3) is 0.185. The highest BCUT2D eigenvalue weighted by molar-refractivity contribution is 5.93. The Bertz CT molecular complexity index is 1540. The monoisotopic (exact) mass is 479 g/mol. The molecule has 1 aliphatic heterocycles. The maximum Gasteiger partial charge on any atom is 0.258 e. The third-order valence-electron chi connectivity index (χ3n) is 6.19. The van der Waals surface area contributed by atoms with Gasteiger partial charge in [-0.15, -0.1) is 0 Å².